The zero-order valence-corrected chi connectivity index (χ0v) is 19.9. The van der Waals surface area contributed by atoms with E-state index in [1.165, 1.54) is 10.0 Å². The Bertz CT molecular complexity index is 723. The molecule has 1 aromatic rings. The van der Waals surface area contributed by atoms with Crippen LogP contribution in [0.25, 0.3) is 0 Å². The quantitative estimate of drug-likeness (QED) is 0.422. The van der Waals surface area contributed by atoms with Gasteiger partial charge in [0.15, 0.2) is 6.04 Å². The number of hydrazine groups is 1. The summed E-state index contributed by atoms with van der Waals surface area (Å²) in [6.07, 6.45) is 0.283. The summed E-state index contributed by atoms with van der Waals surface area (Å²) in [4.78, 5) is 37.9. The smallest absolute Gasteiger partial charge is 0.429 e. The van der Waals surface area contributed by atoms with Crippen molar-refractivity contribution < 1.29 is 23.9 Å². The minimum absolute atomic E-state index is 0.0749. The number of hydrogen-bond acceptors (Lipinski definition) is 5. The molecule has 1 aromatic carbocycles. The maximum absolute atomic E-state index is 13.0. The first-order valence-corrected chi connectivity index (χ1v) is 11.4. The second-order valence-corrected chi connectivity index (χ2v) is 9.41. The molecule has 0 saturated carbocycles. The highest BCUT2D eigenvalue weighted by molar-refractivity contribution is 9.12. The number of carbonyl (C=O) groups excluding carboxylic acids is 3. The summed E-state index contributed by atoms with van der Waals surface area (Å²) >= 11 is 6.56. The van der Waals surface area contributed by atoms with Crippen molar-refractivity contribution in [3.8, 4) is 0 Å². The SMILES string of the molecule is CC(C)(C)OC(=O)C1CCCN(C(=O)OCc2ccccc2)N1C(=O)C(Br)CBr. The van der Waals surface area contributed by atoms with Gasteiger partial charge in [0.05, 0.1) is 0 Å². The number of hydrogen-bond donors (Lipinski definition) is 0. The van der Waals surface area contributed by atoms with Crippen molar-refractivity contribution in [3.05, 3.63) is 35.9 Å². The molecule has 2 amide bonds. The first-order valence-electron chi connectivity index (χ1n) is 9.38. The average Bonchev–Trinajstić information content (AvgIpc) is 2.69. The van der Waals surface area contributed by atoms with Gasteiger partial charge in [-0.1, -0.05) is 62.2 Å². The molecule has 0 aromatic heterocycles. The van der Waals surface area contributed by atoms with Gasteiger partial charge < -0.3 is 9.47 Å². The van der Waals surface area contributed by atoms with Gasteiger partial charge in [0, 0.05) is 11.9 Å². The van der Waals surface area contributed by atoms with E-state index >= 15 is 0 Å². The van der Waals surface area contributed by atoms with Crippen LogP contribution in [0.5, 0.6) is 0 Å². The third kappa shape index (κ3) is 6.70. The molecule has 0 spiro atoms. The predicted molar refractivity (Wildman–Crippen MR) is 116 cm³/mol. The third-order valence-corrected chi connectivity index (χ3v) is 6.36. The standard InChI is InChI=1S/C20H26Br2N2O5/c1-20(2,3)29-18(26)16-10-7-11-23(24(16)17(25)15(22)12-21)19(27)28-13-14-8-5-4-6-9-14/h4-6,8-9,15-16H,7,10-13H2,1-3H3. The van der Waals surface area contributed by atoms with Gasteiger partial charge in [-0.15, -0.1) is 0 Å². The first kappa shape index (κ1) is 23.7. The Balaban J connectivity index is 2.21. The molecule has 29 heavy (non-hydrogen) atoms. The van der Waals surface area contributed by atoms with Crippen LogP contribution in [0.3, 0.4) is 0 Å². The minimum Gasteiger partial charge on any atom is -0.458 e. The van der Waals surface area contributed by atoms with E-state index in [2.05, 4.69) is 31.9 Å². The molecule has 1 saturated heterocycles. The summed E-state index contributed by atoms with van der Waals surface area (Å²) in [6.45, 7) is 5.64. The van der Waals surface area contributed by atoms with Crippen molar-refractivity contribution in [2.75, 3.05) is 11.9 Å². The number of rotatable bonds is 5. The van der Waals surface area contributed by atoms with Gasteiger partial charge in [0.2, 0.25) is 0 Å². The zero-order valence-electron chi connectivity index (χ0n) is 16.8. The largest absolute Gasteiger partial charge is 0.458 e. The summed E-state index contributed by atoms with van der Waals surface area (Å²) in [5.41, 5.74) is 0.128. The van der Waals surface area contributed by atoms with Crippen LogP contribution >= 0.6 is 31.9 Å². The summed E-state index contributed by atoms with van der Waals surface area (Å²) in [6, 6.07) is 8.37. The van der Waals surface area contributed by atoms with E-state index in [4.69, 9.17) is 9.47 Å². The van der Waals surface area contributed by atoms with E-state index in [0.717, 1.165) is 5.56 Å². The molecule has 1 aliphatic heterocycles. The Morgan fingerprint density at radius 1 is 1.21 bits per heavy atom. The fraction of sp³-hybridized carbons (Fsp3) is 0.550. The number of benzene rings is 1. The second-order valence-electron chi connectivity index (χ2n) is 7.66. The van der Waals surface area contributed by atoms with Crippen LogP contribution in [0.15, 0.2) is 30.3 Å². The molecule has 160 valence electrons. The van der Waals surface area contributed by atoms with Crippen LogP contribution in [0.4, 0.5) is 4.79 Å². The number of amides is 2. The zero-order chi connectivity index (χ0) is 21.6. The van der Waals surface area contributed by atoms with Crippen molar-refractivity contribution in [2.24, 2.45) is 0 Å². The molecular formula is C20H26Br2N2O5. The molecule has 1 aliphatic rings. The highest BCUT2D eigenvalue weighted by Crippen LogP contribution is 2.25. The Morgan fingerprint density at radius 2 is 1.86 bits per heavy atom. The number of nitrogens with zero attached hydrogens (tertiary/aromatic N) is 2. The molecule has 2 atom stereocenters. The first-order chi connectivity index (χ1) is 13.6. The lowest BCUT2D eigenvalue weighted by atomic mass is 10.1. The molecular weight excluding hydrogens is 508 g/mol. The van der Waals surface area contributed by atoms with Crippen LogP contribution in [0.2, 0.25) is 0 Å². The molecule has 1 fully saturated rings. The van der Waals surface area contributed by atoms with Crippen molar-refractivity contribution in [3.63, 3.8) is 0 Å². The Kier molecular flexibility index (Phi) is 8.51. The average molecular weight is 534 g/mol. The number of esters is 1. The van der Waals surface area contributed by atoms with Crippen molar-refractivity contribution >= 4 is 49.8 Å². The van der Waals surface area contributed by atoms with Crippen LogP contribution in [0.1, 0.15) is 39.2 Å². The molecule has 0 bridgehead atoms. The van der Waals surface area contributed by atoms with Crippen molar-refractivity contribution in [1.82, 2.24) is 10.0 Å². The van der Waals surface area contributed by atoms with Gasteiger partial charge in [0.1, 0.15) is 17.0 Å². The maximum atomic E-state index is 13.0. The highest BCUT2D eigenvalue weighted by Gasteiger charge is 2.43. The molecule has 7 nitrogen and oxygen atoms in total. The van der Waals surface area contributed by atoms with Crippen molar-refractivity contribution in [2.45, 2.75) is 56.7 Å². The van der Waals surface area contributed by atoms with Gasteiger partial charge in [0.25, 0.3) is 5.91 Å². The lowest BCUT2D eigenvalue weighted by molar-refractivity contribution is -0.180. The summed E-state index contributed by atoms with van der Waals surface area (Å²) in [5.74, 6) is -0.949. The van der Waals surface area contributed by atoms with Crippen molar-refractivity contribution in [1.29, 1.82) is 0 Å². The van der Waals surface area contributed by atoms with Crippen LogP contribution in [0, 0.1) is 0 Å². The molecule has 2 unspecified atom stereocenters. The van der Waals surface area contributed by atoms with Gasteiger partial charge in [-0.25, -0.2) is 19.6 Å². The van der Waals surface area contributed by atoms with E-state index in [1.807, 2.05) is 30.3 Å². The Hall–Kier alpha value is -1.61. The molecule has 9 heteroatoms. The van der Waals surface area contributed by atoms with E-state index in [-0.39, 0.29) is 13.2 Å². The minimum atomic E-state index is -0.890. The lowest BCUT2D eigenvalue weighted by Gasteiger charge is -2.43. The summed E-state index contributed by atoms with van der Waals surface area (Å²) in [7, 11) is 0. The normalized spacial score (nSPS) is 18.2. The van der Waals surface area contributed by atoms with E-state index in [0.29, 0.717) is 18.2 Å². The molecule has 1 heterocycles. The maximum Gasteiger partial charge on any atom is 0.429 e. The number of ether oxygens (including phenoxy) is 2. The highest BCUT2D eigenvalue weighted by atomic mass is 79.9. The molecule has 0 aliphatic carbocycles. The summed E-state index contributed by atoms with van der Waals surface area (Å²) in [5, 5.41) is 2.72. The predicted octanol–water partition coefficient (Wildman–Crippen LogP) is 4.03. The van der Waals surface area contributed by atoms with Gasteiger partial charge in [-0.2, -0.15) is 0 Å². The van der Waals surface area contributed by atoms with Gasteiger partial charge in [-0.05, 0) is 39.2 Å². The Labute approximate surface area is 187 Å². The topological polar surface area (TPSA) is 76.2 Å². The monoisotopic (exact) mass is 532 g/mol. The van der Waals surface area contributed by atoms with Crippen LogP contribution in [-0.2, 0) is 25.7 Å². The van der Waals surface area contributed by atoms with E-state index in [1.54, 1.807) is 20.8 Å². The Morgan fingerprint density at radius 3 is 2.45 bits per heavy atom. The van der Waals surface area contributed by atoms with Crippen LogP contribution < -0.4 is 0 Å². The number of alkyl halides is 2. The molecule has 0 radical (unpaired) electrons. The fourth-order valence-electron chi connectivity index (χ4n) is 2.88. The summed E-state index contributed by atoms with van der Waals surface area (Å²) < 4.78 is 10.9. The van der Waals surface area contributed by atoms with Crippen LogP contribution in [-0.4, -0.2) is 56.3 Å². The third-order valence-electron chi connectivity index (χ3n) is 4.13. The molecule has 0 N–H and O–H groups in total. The second kappa shape index (κ2) is 10.4. The lowest BCUT2D eigenvalue weighted by Crippen LogP contribution is -2.62. The van der Waals surface area contributed by atoms with Gasteiger partial charge in [-0.3, -0.25) is 4.79 Å². The molecule has 2 rings (SSSR count). The van der Waals surface area contributed by atoms with E-state index < -0.39 is 34.4 Å². The fourth-order valence-corrected chi connectivity index (χ4v) is 3.36. The van der Waals surface area contributed by atoms with Gasteiger partial charge >= 0.3 is 12.1 Å². The number of carbonyl (C=O) groups is 3. The van der Waals surface area contributed by atoms with E-state index in [9.17, 15) is 14.4 Å². The number of halogens is 2.